The van der Waals surface area contributed by atoms with Crippen LogP contribution < -0.4 is 4.90 Å². The first kappa shape index (κ1) is 23.0. The number of fused-ring (bicyclic) bond motifs is 1. The highest BCUT2D eigenvalue weighted by Crippen LogP contribution is 2.33. The molecule has 0 radical (unpaired) electrons. The first-order valence-electron chi connectivity index (χ1n) is 9.98. The van der Waals surface area contributed by atoms with Gasteiger partial charge in [0, 0.05) is 30.2 Å². The van der Waals surface area contributed by atoms with E-state index in [9.17, 15) is 9.18 Å². The molecule has 0 saturated heterocycles. The van der Waals surface area contributed by atoms with Gasteiger partial charge in [-0.05, 0) is 49.5 Å². The lowest BCUT2D eigenvalue weighted by molar-refractivity contribution is -0.118. The fraction of sp³-hybridized carbons (Fsp3) is 0.364. The Hall–Kier alpha value is -1.67. The van der Waals surface area contributed by atoms with Crippen molar-refractivity contribution in [2.45, 2.75) is 25.2 Å². The molecule has 1 aromatic heterocycles. The molecular formula is C22H25ClFN3OS2. The largest absolute Gasteiger partial charge is 0.302 e. The third-order valence-corrected chi connectivity index (χ3v) is 7.19. The second-order valence-corrected chi connectivity index (χ2v) is 9.29. The van der Waals surface area contributed by atoms with Crippen LogP contribution in [0.5, 0.6) is 0 Å². The molecule has 3 rings (SSSR count). The lowest BCUT2D eigenvalue weighted by atomic mass is 10.3. The van der Waals surface area contributed by atoms with Gasteiger partial charge < -0.3 is 4.90 Å². The fourth-order valence-electron chi connectivity index (χ4n) is 3.05. The smallest absolute Gasteiger partial charge is 0.229 e. The molecule has 0 saturated carbocycles. The van der Waals surface area contributed by atoms with Crippen LogP contribution in [0.4, 0.5) is 9.52 Å². The number of hydrogen-bond acceptors (Lipinski definition) is 5. The number of thiazole rings is 1. The van der Waals surface area contributed by atoms with Crippen molar-refractivity contribution in [3.63, 3.8) is 0 Å². The van der Waals surface area contributed by atoms with Crippen LogP contribution in [-0.2, 0) is 4.79 Å². The molecular weight excluding hydrogens is 441 g/mol. The number of carbonyl (C=O) groups excluding carboxylic acids is 1. The van der Waals surface area contributed by atoms with Gasteiger partial charge in [0.05, 0.1) is 9.72 Å². The number of nitrogens with zero attached hydrogens (tertiary/aromatic N) is 3. The molecule has 4 nitrogen and oxygen atoms in total. The van der Waals surface area contributed by atoms with Crippen LogP contribution in [0.3, 0.4) is 0 Å². The summed E-state index contributed by atoms with van der Waals surface area (Å²) >= 11 is 9.33. The van der Waals surface area contributed by atoms with E-state index in [1.54, 1.807) is 28.8 Å². The number of aromatic nitrogens is 1. The van der Waals surface area contributed by atoms with Gasteiger partial charge in [0.2, 0.25) is 5.91 Å². The van der Waals surface area contributed by atoms with Crippen molar-refractivity contribution >= 4 is 56.0 Å². The molecule has 1 amide bonds. The number of likely N-dealkylation sites (N-methyl/N-ethyl adjacent to an activating group) is 1. The summed E-state index contributed by atoms with van der Waals surface area (Å²) in [5, 5.41) is 1.28. The summed E-state index contributed by atoms with van der Waals surface area (Å²) in [6.07, 6.45) is 0.379. The Morgan fingerprint density at radius 2 is 1.87 bits per heavy atom. The van der Waals surface area contributed by atoms with Gasteiger partial charge >= 0.3 is 0 Å². The number of anilines is 1. The predicted molar refractivity (Wildman–Crippen MR) is 127 cm³/mol. The molecule has 0 unspecified atom stereocenters. The molecule has 0 aliphatic carbocycles. The minimum Gasteiger partial charge on any atom is -0.302 e. The van der Waals surface area contributed by atoms with Gasteiger partial charge in [-0.1, -0.05) is 42.9 Å². The lowest BCUT2D eigenvalue weighted by Crippen LogP contribution is -2.39. The molecule has 0 aliphatic heterocycles. The van der Waals surface area contributed by atoms with Crippen molar-refractivity contribution in [1.29, 1.82) is 0 Å². The minimum absolute atomic E-state index is 0.0342. The number of benzene rings is 2. The first-order chi connectivity index (χ1) is 14.5. The number of thioether (sulfide) groups is 1. The van der Waals surface area contributed by atoms with E-state index < -0.39 is 0 Å². The van der Waals surface area contributed by atoms with Crippen molar-refractivity contribution in [3.05, 3.63) is 53.3 Å². The second-order valence-electron chi connectivity index (χ2n) is 6.71. The van der Waals surface area contributed by atoms with Crippen molar-refractivity contribution in [2.75, 3.05) is 36.8 Å². The molecule has 8 heteroatoms. The lowest BCUT2D eigenvalue weighted by Gasteiger charge is -2.24. The van der Waals surface area contributed by atoms with Crippen LogP contribution >= 0.6 is 34.7 Å². The third kappa shape index (κ3) is 5.94. The summed E-state index contributed by atoms with van der Waals surface area (Å²) in [5.74, 6) is 0.400. The van der Waals surface area contributed by atoms with Gasteiger partial charge in [0.15, 0.2) is 5.13 Å². The Balaban J connectivity index is 1.72. The molecule has 160 valence electrons. The summed E-state index contributed by atoms with van der Waals surface area (Å²) in [6, 6.07) is 12.0. The van der Waals surface area contributed by atoms with E-state index >= 15 is 0 Å². The maximum Gasteiger partial charge on any atom is 0.229 e. The van der Waals surface area contributed by atoms with Crippen molar-refractivity contribution in [2.24, 2.45) is 0 Å². The SMILES string of the molecule is CCN(CC)CCN(C(=O)CCSc1ccc(F)cc1)c1nc2c(Cl)cccc2s1. The fourth-order valence-corrected chi connectivity index (χ4v) is 5.20. The molecule has 0 bridgehead atoms. The zero-order valence-corrected chi connectivity index (χ0v) is 19.5. The third-order valence-electron chi connectivity index (χ3n) is 4.82. The minimum atomic E-state index is -0.257. The van der Waals surface area contributed by atoms with Gasteiger partial charge in [0.25, 0.3) is 0 Å². The standard InChI is InChI=1S/C22H25ClFN3OS2/c1-3-26(4-2)13-14-27(22-25-21-18(23)6-5-7-19(21)30-22)20(28)12-15-29-17-10-8-16(24)9-11-17/h5-11H,3-4,12-15H2,1-2H3. The van der Waals surface area contributed by atoms with E-state index in [2.05, 4.69) is 23.7 Å². The van der Waals surface area contributed by atoms with E-state index in [-0.39, 0.29) is 11.7 Å². The van der Waals surface area contributed by atoms with Gasteiger partial charge in [0.1, 0.15) is 11.3 Å². The van der Waals surface area contributed by atoms with E-state index in [0.29, 0.717) is 28.9 Å². The van der Waals surface area contributed by atoms with E-state index in [1.165, 1.54) is 23.5 Å². The van der Waals surface area contributed by atoms with Crippen LogP contribution in [-0.4, -0.2) is 47.7 Å². The molecule has 0 spiro atoms. The number of para-hydroxylation sites is 1. The maximum atomic E-state index is 13.1. The normalized spacial score (nSPS) is 11.4. The topological polar surface area (TPSA) is 36.4 Å². The second kappa shape index (κ2) is 11.1. The summed E-state index contributed by atoms with van der Waals surface area (Å²) in [7, 11) is 0. The summed E-state index contributed by atoms with van der Waals surface area (Å²) in [6.45, 7) is 7.47. The predicted octanol–water partition coefficient (Wildman–Crippen LogP) is 5.95. The van der Waals surface area contributed by atoms with Gasteiger partial charge in [-0.2, -0.15) is 0 Å². The van der Waals surface area contributed by atoms with Gasteiger partial charge in [-0.15, -0.1) is 11.8 Å². The molecule has 0 aliphatic rings. The Morgan fingerprint density at radius 1 is 1.13 bits per heavy atom. The quantitative estimate of drug-likeness (QED) is 0.347. The molecule has 30 heavy (non-hydrogen) atoms. The molecule has 0 N–H and O–H groups in total. The molecule has 2 aromatic carbocycles. The first-order valence-corrected chi connectivity index (χ1v) is 12.2. The van der Waals surface area contributed by atoms with E-state index in [4.69, 9.17) is 11.6 Å². The van der Waals surface area contributed by atoms with Crippen LogP contribution in [0.2, 0.25) is 5.02 Å². The molecule has 0 fully saturated rings. The molecule has 1 heterocycles. The maximum absolute atomic E-state index is 13.1. The van der Waals surface area contributed by atoms with Crippen LogP contribution in [0.1, 0.15) is 20.3 Å². The summed E-state index contributed by atoms with van der Waals surface area (Å²) in [4.78, 5) is 22.8. The average molecular weight is 466 g/mol. The Labute approximate surface area is 190 Å². The van der Waals surface area contributed by atoms with Crippen molar-refractivity contribution in [1.82, 2.24) is 9.88 Å². The Morgan fingerprint density at radius 3 is 2.53 bits per heavy atom. The monoisotopic (exact) mass is 465 g/mol. The average Bonchev–Trinajstić information content (AvgIpc) is 3.18. The molecule has 3 aromatic rings. The highest BCUT2D eigenvalue weighted by atomic mass is 35.5. The van der Waals surface area contributed by atoms with Crippen molar-refractivity contribution < 1.29 is 9.18 Å². The van der Waals surface area contributed by atoms with Gasteiger partial charge in [-0.25, -0.2) is 9.37 Å². The number of amides is 1. The van der Waals surface area contributed by atoms with Crippen molar-refractivity contribution in [3.8, 4) is 0 Å². The summed E-state index contributed by atoms with van der Waals surface area (Å²) < 4.78 is 14.0. The highest BCUT2D eigenvalue weighted by Gasteiger charge is 2.21. The number of rotatable bonds is 10. The number of hydrogen-bond donors (Lipinski definition) is 0. The highest BCUT2D eigenvalue weighted by molar-refractivity contribution is 7.99. The van der Waals surface area contributed by atoms with E-state index in [0.717, 1.165) is 34.7 Å². The van der Waals surface area contributed by atoms with Crippen LogP contribution in [0.25, 0.3) is 10.2 Å². The summed E-state index contributed by atoms with van der Waals surface area (Å²) in [5.41, 5.74) is 0.737. The van der Waals surface area contributed by atoms with E-state index in [1.807, 2.05) is 18.2 Å². The number of carbonyl (C=O) groups is 1. The zero-order chi connectivity index (χ0) is 21.5. The molecule has 0 atom stereocenters. The Bertz CT molecular complexity index is 976. The Kier molecular flexibility index (Phi) is 8.50. The van der Waals surface area contributed by atoms with Crippen LogP contribution in [0, 0.1) is 5.82 Å². The van der Waals surface area contributed by atoms with Crippen LogP contribution in [0.15, 0.2) is 47.4 Å². The van der Waals surface area contributed by atoms with Gasteiger partial charge in [-0.3, -0.25) is 9.69 Å². The number of halogens is 2. The zero-order valence-electron chi connectivity index (χ0n) is 17.1.